The van der Waals surface area contributed by atoms with Gasteiger partial charge in [-0.15, -0.1) is 0 Å². The lowest BCUT2D eigenvalue weighted by Gasteiger charge is -2.20. The number of aryl methyl sites for hydroxylation is 2. The van der Waals surface area contributed by atoms with Gasteiger partial charge in [0.25, 0.3) is 5.91 Å². The van der Waals surface area contributed by atoms with Crippen molar-refractivity contribution in [2.75, 3.05) is 19.6 Å². The normalized spacial score (nSPS) is 14.8. The minimum atomic E-state index is -0.324. The second-order valence-corrected chi connectivity index (χ2v) is 7.55. The van der Waals surface area contributed by atoms with E-state index in [0.29, 0.717) is 36.8 Å². The number of hydrogen-bond donors (Lipinski definition) is 1. The highest BCUT2D eigenvalue weighted by molar-refractivity contribution is 6.33. The minimum Gasteiger partial charge on any atom is -0.351 e. The van der Waals surface area contributed by atoms with Crippen LogP contribution in [0.2, 0.25) is 5.02 Å². The SMILES string of the molecule is Cc1cc(C)n(-c2ccc(Cl)c(C(=O)NCCCN3CCCCCC3=O)n2)n1. The topological polar surface area (TPSA) is 80.1 Å². The van der Waals surface area contributed by atoms with E-state index < -0.39 is 0 Å². The zero-order valence-corrected chi connectivity index (χ0v) is 17.1. The van der Waals surface area contributed by atoms with Gasteiger partial charge < -0.3 is 10.2 Å². The smallest absolute Gasteiger partial charge is 0.271 e. The molecule has 8 heteroatoms. The Morgan fingerprint density at radius 3 is 2.82 bits per heavy atom. The largest absolute Gasteiger partial charge is 0.351 e. The van der Waals surface area contributed by atoms with Crippen LogP contribution in [0.15, 0.2) is 18.2 Å². The van der Waals surface area contributed by atoms with E-state index in [4.69, 9.17) is 11.6 Å². The summed E-state index contributed by atoms with van der Waals surface area (Å²) in [6.07, 6.45) is 4.46. The predicted octanol–water partition coefficient (Wildman–Crippen LogP) is 3.06. The summed E-state index contributed by atoms with van der Waals surface area (Å²) in [5.74, 6) is 0.442. The molecule has 0 radical (unpaired) electrons. The first-order valence-corrected chi connectivity index (χ1v) is 10.1. The van der Waals surface area contributed by atoms with Crippen LogP contribution in [-0.2, 0) is 4.79 Å². The molecular formula is C20H26ClN5O2. The number of aromatic nitrogens is 3. The molecule has 0 unspecified atom stereocenters. The van der Waals surface area contributed by atoms with E-state index in [1.54, 1.807) is 16.8 Å². The molecule has 0 saturated carbocycles. The molecule has 0 bridgehead atoms. The molecule has 2 aromatic heterocycles. The Labute approximate surface area is 170 Å². The number of pyridine rings is 1. The van der Waals surface area contributed by atoms with E-state index in [2.05, 4.69) is 15.4 Å². The Morgan fingerprint density at radius 1 is 1.25 bits per heavy atom. The van der Waals surface area contributed by atoms with Crippen molar-refractivity contribution in [1.29, 1.82) is 0 Å². The molecule has 7 nitrogen and oxygen atoms in total. The first-order valence-electron chi connectivity index (χ1n) is 9.72. The summed E-state index contributed by atoms with van der Waals surface area (Å²) in [6, 6.07) is 5.34. The van der Waals surface area contributed by atoms with E-state index in [1.807, 2.05) is 24.8 Å². The van der Waals surface area contributed by atoms with Crippen LogP contribution in [0.5, 0.6) is 0 Å². The van der Waals surface area contributed by atoms with Gasteiger partial charge in [-0.2, -0.15) is 5.10 Å². The molecule has 1 saturated heterocycles. The molecule has 1 aliphatic heterocycles. The van der Waals surface area contributed by atoms with Gasteiger partial charge in [0, 0.05) is 31.7 Å². The lowest BCUT2D eigenvalue weighted by Crippen LogP contribution is -2.34. The van der Waals surface area contributed by atoms with Crippen molar-refractivity contribution in [1.82, 2.24) is 25.0 Å². The van der Waals surface area contributed by atoms with Crippen LogP contribution in [0.4, 0.5) is 0 Å². The lowest BCUT2D eigenvalue weighted by atomic mass is 10.2. The summed E-state index contributed by atoms with van der Waals surface area (Å²) in [6.45, 7) is 5.77. The molecule has 0 aliphatic carbocycles. The zero-order valence-electron chi connectivity index (χ0n) is 16.4. The minimum absolute atomic E-state index is 0.178. The standard InChI is InChI=1S/C20H26ClN5O2/c1-14-13-15(2)26(24-14)17-9-8-16(21)19(23-17)20(28)22-10-6-12-25-11-5-3-4-7-18(25)27/h8-9,13H,3-7,10-12H2,1-2H3,(H,22,28). The summed E-state index contributed by atoms with van der Waals surface area (Å²) < 4.78 is 1.69. The first kappa shape index (κ1) is 20.3. The third-order valence-corrected chi connectivity index (χ3v) is 5.14. The van der Waals surface area contributed by atoms with Crippen molar-refractivity contribution in [3.63, 3.8) is 0 Å². The monoisotopic (exact) mass is 403 g/mol. The highest BCUT2D eigenvalue weighted by Gasteiger charge is 2.17. The maximum atomic E-state index is 12.5. The van der Waals surface area contributed by atoms with Crippen LogP contribution in [-0.4, -0.2) is 51.1 Å². The summed E-state index contributed by atoms with van der Waals surface area (Å²) >= 11 is 6.19. The van der Waals surface area contributed by atoms with Crippen LogP contribution in [0, 0.1) is 13.8 Å². The molecule has 2 aromatic rings. The first-order chi connectivity index (χ1) is 13.5. The summed E-state index contributed by atoms with van der Waals surface area (Å²) in [4.78, 5) is 30.9. The lowest BCUT2D eigenvalue weighted by molar-refractivity contribution is -0.130. The average Bonchev–Trinajstić information content (AvgIpc) is 2.87. The number of halogens is 1. The van der Waals surface area contributed by atoms with Gasteiger partial charge in [-0.1, -0.05) is 18.0 Å². The number of nitrogens with one attached hydrogen (secondary N) is 1. The average molecular weight is 404 g/mol. The number of hydrogen-bond acceptors (Lipinski definition) is 4. The highest BCUT2D eigenvalue weighted by atomic mass is 35.5. The maximum absolute atomic E-state index is 12.5. The molecule has 2 amide bonds. The van der Waals surface area contributed by atoms with Crippen LogP contribution in [0.25, 0.3) is 5.82 Å². The Bertz CT molecular complexity index is 864. The number of rotatable bonds is 6. The van der Waals surface area contributed by atoms with Gasteiger partial charge in [0.1, 0.15) is 5.69 Å². The molecule has 0 spiro atoms. The third kappa shape index (κ3) is 4.90. The summed E-state index contributed by atoms with van der Waals surface area (Å²) in [5, 5.41) is 7.55. The van der Waals surface area contributed by atoms with Gasteiger partial charge in [0.2, 0.25) is 5.91 Å². The van der Waals surface area contributed by atoms with Crippen molar-refractivity contribution in [3.8, 4) is 5.82 Å². The van der Waals surface area contributed by atoms with Gasteiger partial charge in [0.05, 0.1) is 10.7 Å². The Hall–Kier alpha value is -2.41. The molecule has 28 heavy (non-hydrogen) atoms. The second kappa shape index (κ2) is 9.19. The highest BCUT2D eigenvalue weighted by Crippen LogP contribution is 2.18. The molecule has 3 heterocycles. The van der Waals surface area contributed by atoms with Crippen molar-refractivity contribution in [2.24, 2.45) is 0 Å². The van der Waals surface area contributed by atoms with Crippen molar-refractivity contribution >= 4 is 23.4 Å². The molecule has 1 N–H and O–H groups in total. The maximum Gasteiger partial charge on any atom is 0.271 e. The number of carbonyl (C=O) groups is 2. The number of likely N-dealkylation sites (tertiary alicyclic amines) is 1. The fourth-order valence-electron chi connectivity index (χ4n) is 3.40. The number of nitrogens with zero attached hydrogens (tertiary/aromatic N) is 4. The Morgan fingerprint density at radius 2 is 2.07 bits per heavy atom. The van der Waals surface area contributed by atoms with Gasteiger partial charge in [-0.05, 0) is 51.3 Å². The molecular weight excluding hydrogens is 378 g/mol. The van der Waals surface area contributed by atoms with Crippen LogP contribution < -0.4 is 5.32 Å². The van der Waals surface area contributed by atoms with Gasteiger partial charge in [0.15, 0.2) is 5.82 Å². The van der Waals surface area contributed by atoms with Crippen LogP contribution in [0.1, 0.15) is 54.0 Å². The molecule has 150 valence electrons. The van der Waals surface area contributed by atoms with E-state index in [1.165, 1.54) is 0 Å². The van der Waals surface area contributed by atoms with E-state index in [9.17, 15) is 9.59 Å². The van der Waals surface area contributed by atoms with E-state index >= 15 is 0 Å². The van der Waals surface area contributed by atoms with Crippen molar-refractivity contribution in [3.05, 3.63) is 40.3 Å². The van der Waals surface area contributed by atoms with Crippen molar-refractivity contribution in [2.45, 2.75) is 46.0 Å². The van der Waals surface area contributed by atoms with Crippen LogP contribution in [0.3, 0.4) is 0 Å². The van der Waals surface area contributed by atoms with Gasteiger partial charge in [-0.25, -0.2) is 9.67 Å². The van der Waals surface area contributed by atoms with Gasteiger partial charge in [-0.3, -0.25) is 9.59 Å². The number of amides is 2. The molecule has 1 aliphatic rings. The zero-order chi connectivity index (χ0) is 20.1. The quantitative estimate of drug-likeness (QED) is 0.751. The third-order valence-electron chi connectivity index (χ3n) is 4.83. The molecule has 0 atom stereocenters. The fourth-order valence-corrected chi connectivity index (χ4v) is 3.59. The van der Waals surface area contributed by atoms with Gasteiger partial charge >= 0.3 is 0 Å². The second-order valence-electron chi connectivity index (χ2n) is 7.14. The van der Waals surface area contributed by atoms with E-state index in [-0.39, 0.29) is 17.5 Å². The summed E-state index contributed by atoms with van der Waals surface area (Å²) in [7, 11) is 0. The Kier molecular flexibility index (Phi) is 6.67. The fraction of sp³-hybridized carbons (Fsp3) is 0.500. The molecule has 3 rings (SSSR count). The van der Waals surface area contributed by atoms with Crippen molar-refractivity contribution < 1.29 is 9.59 Å². The van der Waals surface area contributed by atoms with E-state index in [0.717, 1.165) is 37.2 Å². The molecule has 0 aromatic carbocycles. The molecule has 1 fully saturated rings. The van der Waals surface area contributed by atoms with Crippen LogP contribution >= 0.6 is 11.6 Å². The number of carbonyl (C=O) groups excluding carboxylic acids is 2. The predicted molar refractivity (Wildman–Crippen MR) is 108 cm³/mol. The Balaban J connectivity index is 1.59. The summed E-state index contributed by atoms with van der Waals surface area (Å²) in [5.41, 5.74) is 1.99.